The van der Waals surface area contributed by atoms with Gasteiger partial charge in [0.15, 0.2) is 0 Å². The van der Waals surface area contributed by atoms with Crippen molar-refractivity contribution in [2.24, 2.45) is 5.73 Å². The maximum absolute atomic E-state index is 5.58. The molecule has 15 heavy (non-hydrogen) atoms. The topological polar surface area (TPSA) is 44.5 Å². The van der Waals surface area contributed by atoms with Crippen LogP contribution in [-0.4, -0.2) is 19.8 Å². The van der Waals surface area contributed by atoms with Gasteiger partial charge in [-0.15, -0.1) is 11.3 Å². The third-order valence-electron chi connectivity index (χ3n) is 2.11. The summed E-state index contributed by atoms with van der Waals surface area (Å²) in [6.45, 7) is 7.43. The normalized spacial score (nSPS) is 10.9. The van der Waals surface area contributed by atoms with Crippen molar-refractivity contribution in [1.82, 2.24) is 0 Å². The van der Waals surface area contributed by atoms with E-state index in [1.54, 1.807) is 11.3 Å². The lowest BCUT2D eigenvalue weighted by Crippen LogP contribution is -2.03. The molecule has 0 aliphatic carbocycles. The SMILES string of the molecule is CCOCCOCc1cc(CN)sc1C. The highest BCUT2D eigenvalue weighted by Gasteiger charge is 2.04. The van der Waals surface area contributed by atoms with Gasteiger partial charge in [0.1, 0.15) is 0 Å². The van der Waals surface area contributed by atoms with E-state index in [4.69, 9.17) is 15.2 Å². The summed E-state index contributed by atoms with van der Waals surface area (Å²) in [5, 5.41) is 0. The van der Waals surface area contributed by atoms with Gasteiger partial charge in [-0.3, -0.25) is 0 Å². The van der Waals surface area contributed by atoms with Crippen LogP contribution in [0.1, 0.15) is 22.2 Å². The smallest absolute Gasteiger partial charge is 0.0728 e. The van der Waals surface area contributed by atoms with Crippen LogP contribution in [0.25, 0.3) is 0 Å². The fourth-order valence-electron chi connectivity index (χ4n) is 1.28. The molecule has 0 amide bonds. The van der Waals surface area contributed by atoms with Crippen molar-refractivity contribution in [2.45, 2.75) is 27.0 Å². The molecule has 1 aromatic heterocycles. The van der Waals surface area contributed by atoms with Crippen LogP contribution in [0.2, 0.25) is 0 Å². The summed E-state index contributed by atoms with van der Waals surface area (Å²) in [6.07, 6.45) is 0. The molecule has 1 heterocycles. The number of nitrogens with two attached hydrogens (primary N) is 1. The van der Waals surface area contributed by atoms with Crippen molar-refractivity contribution < 1.29 is 9.47 Å². The van der Waals surface area contributed by atoms with Crippen LogP contribution in [0.5, 0.6) is 0 Å². The Morgan fingerprint density at radius 3 is 2.67 bits per heavy atom. The maximum Gasteiger partial charge on any atom is 0.0728 e. The van der Waals surface area contributed by atoms with Crippen LogP contribution in [0.4, 0.5) is 0 Å². The molecule has 4 heteroatoms. The van der Waals surface area contributed by atoms with Gasteiger partial charge >= 0.3 is 0 Å². The van der Waals surface area contributed by atoms with Crippen molar-refractivity contribution in [3.63, 3.8) is 0 Å². The Labute approximate surface area is 95.2 Å². The first kappa shape index (κ1) is 12.6. The van der Waals surface area contributed by atoms with Gasteiger partial charge < -0.3 is 15.2 Å². The molecule has 0 atom stereocenters. The zero-order valence-corrected chi connectivity index (χ0v) is 10.2. The Bertz CT molecular complexity index is 286. The van der Waals surface area contributed by atoms with Crippen molar-refractivity contribution in [2.75, 3.05) is 19.8 Å². The van der Waals surface area contributed by atoms with Crippen molar-refractivity contribution in [3.05, 3.63) is 21.4 Å². The predicted molar refractivity (Wildman–Crippen MR) is 63.1 cm³/mol. The monoisotopic (exact) mass is 229 g/mol. The molecular weight excluding hydrogens is 210 g/mol. The van der Waals surface area contributed by atoms with Crippen molar-refractivity contribution in [3.8, 4) is 0 Å². The summed E-state index contributed by atoms with van der Waals surface area (Å²) in [6, 6.07) is 2.13. The summed E-state index contributed by atoms with van der Waals surface area (Å²) in [7, 11) is 0. The molecule has 0 spiro atoms. The van der Waals surface area contributed by atoms with E-state index < -0.39 is 0 Å². The summed E-state index contributed by atoms with van der Waals surface area (Å²) in [5.74, 6) is 0. The summed E-state index contributed by atoms with van der Waals surface area (Å²) in [4.78, 5) is 2.52. The van der Waals surface area contributed by atoms with Crippen LogP contribution in [-0.2, 0) is 22.6 Å². The van der Waals surface area contributed by atoms with E-state index in [0.717, 1.165) is 6.61 Å². The fourth-order valence-corrected chi connectivity index (χ4v) is 2.20. The highest BCUT2D eigenvalue weighted by molar-refractivity contribution is 7.12. The number of hydrogen-bond acceptors (Lipinski definition) is 4. The van der Waals surface area contributed by atoms with Crippen LogP contribution >= 0.6 is 11.3 Å². The minimum Gasteiger partial charge on any atom is -0.379 e. The molecule has 0 aromatic carbocycles. The van der Waals surface area contributed by atoms with E-state index >= 15 is 0 Å². The lowest BCUT2D eigenvalue weighted by Gasteiger charge is -2.03. The Balaban J connectivity index is 2.27. The van der Waals surface area contributed by atoms with E-state index in [0.29, 0.717) is 26.4 Å². The van der Waals surface area contributed by atoms with E-state index in [-0.39, 0.29) is 0 Å². The quantitative estimate of drug-likeness (QED) is 0.728. The number of ether oxygens (including phenoxy) is 2. The highest BCUT2D eigenvalue weighted by atomic mass is 32.1. The van der Waals surface area contributed by atoms with Gasteiger partial charge in [0.25, 0.3) is 0 Å². The average Bonchev–Trinajstić information content (AvgIpc) is 2.59. The largest absolute Gasteiger partial charge is 0.379 e. The molecule has 0 saturated heterocycles. The summed E-state index contributed by atoms with van der Waals surface area (Å²) < 4.78 is 10.7. The first-order chi connectivity index (χ1) is 7.27. The maximum atomic E-state index is 5.58. The van der Waals surface area contributed by atoms with E-state index in [1.807, 2.05) is 6.92 Å². The standard InChI is InChI=1S/C11H19NO2S/c1-3-13-4-5-14-8-10-6-11(7-12)15-9(10)2/h6H,3-5,7-8,12H2,1-2H3. The fraction of sp³-hybridized carbons (Fsp3) is 0.636. The second-order valence-corrected chi connectivity index (χ2v) is 4.59. The van der Waals surface area contributed by atoms with Gasteiger partial charge in [-0.05, 0) is 25.5 Å². The van der Waals surface area contributed by atoms with Gasteiger partial charge in [-0.25, -0.2) is 0 Å². The molecule has 1 rings (SSSR count). The second kappa shape index (κ2) is 6.95. The Hall–Kier alpha value is -0.420. The molecule has 0 bridgehead atoms. The molecule has 86 valence electrons. The predicted octanol–water partition coefficient (Wildman–Crippen LogP) is 2.07. The lowest BCUT2D eigenvalue weighted by atomic mass is 10.2. The third kappa shape index (κ3) is 4.30. The minimum atomic E-state index is 0.616. The lowest BCUT2D eigenvalue weighted by molar-refractivity contribution is 0.0452. The van der Waals surface area contributed by atoms with Crippen molar-refractivity contribution in [1.29, 1.82) is 0 Å². The number of hydrogen-bond donors (Lipinski definition) is 1. The van der Waals surface area contributed by atoms with Crippen LogP contribution in [0, 0.1) is 6.92 Å². The van der Waals surface area contributed by atoms with Gasteiger partial charge in [0.2, 0.25) is 0 Å². The first-order valence-electron chi connectivity index (χ1n) is 5.21. The van der Waals surface area contributed by atoms with Crippen molar-refractivity contribution >= 4 is 11.3 Å². The zero-order chi connectivity index (χ0) is 11.1. The van der Waals surface area contributed by atoms with E-state index in [1.165, 1.54) is 15.3 Å². The molecule has 2 N–H and O–H groups in total. The number of thiophene rings is 1. The minimum absolute atomic E-state index is 0.616. The van der Waals surface area contributed by atoms with Gasteiger partial charge in [0, 0.05) is 22.9 Å². The van der Waals surface area contributed by atoms with Gasteiger partial charge in [0.05, 0.1) is 19.8 Å². The highest BCUT2D eigenvalue weighted by Crippen LogP contribution is 2.21. The molecule has 0 fully saturated rings. The number of aryl methyl sites for hydroxylation is 1. The van der Waals surface area contributed by atoms with E-state index in [2.05, 4.69) is 13.0 Å². The molecule has 0 radical (unpaired) electrons. The Kier molecular flexibility index (Phi) is 5.86. The molecular formula is C11H19NO2S. The molecule has 1 aromatic rings. The first-order valence-corrected chi connectivity index (χ1v) is 6.03. The van der Waals surface area contributed by atoms with Crippen LogP contribution in [0.15, 0.2) is 6.07 Å². The van der Waals surface area contributed by atoms with Crippen LogP contribution in [0.3, 0.4) is 0 Å². The zero-order valence-electron chi connectivity index (χ0n) is 9.41. The third-order valence-corrected chi connectivity index (χ3v) is 3.22. The summed E-state index contributed by atoms with van der Waals surface area (Å²) in [5.41, 5.74) is 6.82. The molecule has 0 aliphatic rings. The van der Waals surface area contributed by atoms with Gasteiger partial charge in [-0.1, -0.05) is 0 Å². The molecule has 3 nitrogen and oxygen atoms in total. The second-order valence-electron chi connectivity index (χ2n) is 3.25. The summed E-state index contributed by atoms with van der Waals surface area (Å²) >= 11 is 1.75. The average molecular weight is 229 g/mol. The Morgan fingerprint density at radius 2 is 2.07 bits per heavy atom. The number of rotatable bonds is 7. The van der Waals surface area contributed by atoms with Gasteiger partial charge in [-0.2, -0.15) is 0 Å². The van der Waals surface area contributed by atoms with Crippen LogP contribution < -0.4 is 5.73 Å². The molecule has 0 saturated carbocycles. The molecule has 0 unspecified atom stereocenters. The Morgan fingerprint density at radius 1 is 1.33 bits per heavy atom. The van der Waals surface area contributed by atoms with E-state index in [9.17, 15) is 0 Å². The molecule has 0 aliphatic heterocycles.